The second kappa shape index (κ2) is 14.1. The summed E-state index contributed by atoms with van der Waals surface area (Å²) < 4.78 is 16.4. The maximum atomic E-state index is 14.6. The Hall–Kier alpha value is -5.50. The van der Waals surface area contributed by atoms with Gasteiger partial charge in [-0.15, -0.1) is 0 Å². The Bertz CT molecular complexity index is 1830. The number of nitrogens with one attached hydrogen (secondary N) is 3. The molecule has 11 heteroatoms. The van der Waals surface area contributed by atoms with Crippen molar-refractivity contribution in [1.29, 1.82) is 5.26 Å². The lowest BCUT2D eigenvalue weighted by molar-refractivity contribution is -0.137. The molecule has 2 bridgehead atoms. The average Bonchev–Trinajstić information content (AvgIpc) is 3.32. The lowest BCUT2D eigenvalue weighted by atomic mass is 10.0. The molecule has 1 aliphatic heterocycles. The van der Waals surface area contributed by atoms with E-state index in [1.165, 1.54) is 24.0 Å². The van der Waals surface area contributed by atoms with Gasteiger partial charge in [0.2, 0.25) is 17.7 Å². The molecule has 0 radical (unpaired) electrons. The molecule has 2 atom stereocenters. The van der Waals surface area contributed by atoms with E-state index in [1.807, 2.05) is 30.3 Å². The van der Waals surface area contributed by atoms with Crippen LogP contribution in [0.2, 0.25) is 0 Å². The van der Waals surface area contributed by atoms with Gasteiger partial charge in [-0.25, -0.2) is 4.39 Å². The number of hydrogen-bond acceptors (Lipinski definition) is 5. The van der Waals surface area contributed by atoms with Crippen molar-refractivity contribution in [3.8, 4) is 6.07 Å². The molecular formula is C35H35FN6O4. The number of hydrogen-bond donors (Lipinski definition) is 3. The lowest BCUT2D eigenvalue weighted by Crippen LogP contribution is -2.50. The average molecular weight is 623 g/mol. The van der Waals surface area contributed by atoms with Crippen molar-refractivity contribution >= 4 is 34.5 Å². The van der Waals surface area contributed by atoms with E-state index in [2.05, 4.69) is 22.0 Å². The summed E-state index contributed by atoms with van der Waals surface area (Å²) in [4.78, 5) is 55.0. The molecule has 0 aliphatic carbocycles. The van der Waals surface area contributed by atoms with Gasteiger partial charge in [-0.2, -0.15) is 5.26 Å². The standard InChI is InChI=1S/C35H35FN6O4/c1-22-34(45)40-30(25-10-4-3-5-11-25)19-41(33(44)21-42-23(2)28(18-37)26-12-6-7-13-31(26)42)20-32(43)38-16-8-9-24-14-15-29(36)27(17-24)35(46)39-22/h3-7,10-15,17,22,30H,8-9,16,19-21H2,1-2H3,(H,38,43)(H,39,46)(H,40,45)/t22-,30-/m1/s1. The molecule has 5 rings (SSSR count). The monoisotopic (exact) mass is 622 g/mol. The summed E-state index contributed by atoms with van der Waals surface area (Å²) in [6.07, 6.45) is 0.984. The molecule has 10 nitrogen and oxygen atoms in total. The van der Waals surface area contributed by atoms with E-state index in [0.717, 1.165) is 10.9 Å². The molecule has 0 saturated heterocycles. The summed E-state index contributed by atoms with van der Waals surface area (Å²) in [5.74, 6) is -2.74. The Kier molecular flexibility index (Phi) is 9.76. The van der Waals surface area contributed by atoms with E-state index in [1.54, 1.807) is 41.8 Å². The van der Waals surface area contributed by atoms with Gasteiger partial charge in [0.15, 0.2) is 0 Å². The molecule has 0 spiro atoms. The van der Waals surface area contributed by atoms with Crippen LogP contribution in [0.1, 0.15) is 52.1 Å². The van der Waals surface area contributed by atoms with Crippen molar-refractivity contribution in [3.63, 3.8) is 0 Å². The Balaban J connectivity index is 1.48. The highest BCUT2D eigenvalue weighted by Crippen LogP contribution is 2.25. The maximum Gasteiger partial charge on any atom is 0.254 e. The summed E-state index contributed by atoms with van der Waals surface area (Å²) >= 11 is 0. The van der Waals surface area contributed by atoms with Crippen LogP contribution in [0, 0.1) is 24.1 Å². The fourth-order valence-corrected chi connectivity index (χ4v) is 5.69. The molecule has 0 unspecified atom stereocenters. The first-order chi connectivity index (χ1) is 22.2. The summed E-state index contributed by atoms with van der Waals surface area (Å²) in [6, 6.07) is 21.0. The van der Waals surface area contributed by atoms with E-state index in [9.17, 15) is 28.8 Å². The number of benzene rings is 3. The quantitative estimate of drug-likeness (QED) is 0.321. The molecule has 236 valence electrons. The summed E-state index contributed by atoms with van der Waals surface area (Å²) in [6.45, 7) is 3.11. The minimum atomic E-state index is -1.04. The number of rotatable bonds is 3. The third-order valence-electron chi connectivity index (χ3n) is 8.23. The number of fused-ring (bicyclic) bond motifs is 3. The van der Waals surface area contributed by atoms with Crippen LogP contribution in [0.3, 0.4) is 0 Å². The summed E-state index contributed by atoms with van der Waals surface area (Å²) in [5.41, 5.74) is 3.03. The van der Waals surface area contributed by atoms with Crippen molar-refractivity contribution in [2.24, 2.45) is 0 Å². The molecule has 46 heavy (non-hydrogen) atoms. The number of nitriles is 1. The highest BCUT2D eigenvalue weighted by molar-refractivity contribution is 5.98. The predicted molar refractivity (Wildman–Crippen MR) is 170 cm³/mol. The van der Waals surface area contributed by atoms with Crippen LogP contribution in [0.15, 0.2) is 72.8 Å². The zero-order valence-corrected chi connectivity index (χ0v) is 25.7. The molecule has 3 N–H and O–H groups in total. The van der Waals surface area contributed by atoms with Crippen LogP contribution >= 0.6 is 0 Å². The van der Waals surface area contributed by atoms with E-state index < -0.39 is 29.7 Å². The number of halogens is 1. The van der Waals surface area contributed by atoms with E-state index >= 15 is 0 Å². The zero-order chi connectivity index (χ0) is 32.8. The molecule has 4 aromatic rings. The van der Waals surface area contributed by atoms with Crippen LogP contribution in [0.25, 0.3) is 10.9 Å². The zero-order valence-electron chi connectivity index (χ0n) is 25.7. The minimum Gasteiger partial charge on any atom is -0.355 e. The fraction of sp³-hybridized carbons (Fsp3) is 0.286. The van der Waals surface area contributed by atoms with Gasteiger partial charge >= 0.3 is 0 Å². The Morgan fingerprint density at radius 1 is 1.02 bits per heavy atom. The van der Waals surface area contributed by atoms with Gasteiger partial charge in [-0.1, -0.05) is 54.6 Å². The number of carbonyl (C=O) groups is 4. The Morgan fingerprint density at radius 2 is 1.76 bits per heavy atom. The van der Waals surface area contributed by atoms with Crippen molar-refractivity contribution in [2.45, 2.75) is 45.3 Å². The number of nitrogens with zero attached hydrogens (tertiary/aromatic N) is 3. The number of aryl methyl sites for hydroxylation is 1. The number of amides is 4. The van der Waals surface area contributed by atoms with Crippen LogP contribution in [-0.4, -0.2) is 58.8 Å². The first kappa shape index (κ1) is 31.9. The Labute approximate surface area is 266 Å². The van der Waals surface area contributed by atoms with Crippen LogP contribution in [0.5, 0.6) is 0 Å². The van der Waals surface area contributed by atoms with Crippen LogP contribution in [0.4, 0.5) is 4.39 Å². The van der Waals surface area contributed by atoms with Gasteiger partial charge in [0, 0.05) is 24.2 Å². The normalized spacial score (nSPS) is 18.2. The van der Waals surface area contributed by atoms with Crippen molar-refractivity contribution in [1.82, 2.24) is 25.4 Å². The summed E-state index contributed by atoms with van der Waals surface area (Å²) in [5, 5.41) is 18.9. The highest BCUT2D eigenvalue weighted by atomic mass is 19.1. The first-order valence-corrected chi connectivity index (χ1v) is 15.1. The van der Waals surface area contributed by atoms with E-state index in [-0.39, 0.29) is 37.0 Å². The molecule has 1 aromatic heterocycles. The molecule has 0 fully saturated rings. The molecule has 1 aliphatic rings. The van der Waals surface area contributed by atoms with E-state index in [4.69, 9.17) is 0 Å². The second-order valence-corrected chi connectivity index (χ2v) is 11.4. The Morgan fingerprint density at radius 3 is 2.52 bits per heavy atom. The maximum absolute atomic E-state index is 14.6. The predicted octanol–water partition coefficient (Wildman–Crippen LogP) is 3.53. The van der Waals surface area contributed by atoms with Gasteiger partial charge in [0.05, 0.1) is 29.2 Å². The van der Waals surface area contributed by atoms with E-state index in [0.29, 0.717) is 41.8 Å². The number of aromatic nitrogens is 1. The second-order valence-electron chi connectivity index (χ2n) is 11.4. The molecule has 4 amide bonds. The first-order valence-electron chi connectivity index (χ1n) is 15.1. The van der Waals surface area contributed by atoms with Crippen LogP contribution in [-0.2, 0) is 27.3 Å². The van der Waals surface area contributed by atoms with Crippen LogP contribution < -0.4 is 16.0 Å². The highest BCUT2D eigenvalue weighted by Gasteiger charge is 2.28. The van der Waals surface area contributed by atoms with Crippen molar-refractivity contribution in [3.05, 3.63) is 107 Å². The van der Waals surface area contributed by atoms with Gasteiger partial charge < -0.3 is 25.4 Å². The van der Waals surface area contributed by atoms with Crippen molar-refractivity contribution in [2.75, 3.05) is 19.6 Å². The molecule has 0 saturated carbocycles. The largest absolute Gasteiger partial charge is 0.355 e. The van der Waals surface area contributed by atoms with Crippen molar-refractivity contribution < 1.29 is 23.6 Å². The molecule has 2 heterocycles. The smallest absolute Gasteiger partial charge is 0.254 e. The topological polar surface area (TPSA) is 136 Å². The van der Waals surface area contributed by atoms with Gasteiger partial charge in [-0.05, 0) is 56.0 Å². The third kappa shape index (κ3) is 7.07. The minimum absolute atomic E-state index is 0.0541. The van der Waals surface area contributed by atoms with Gasteiger partial charge in [-0.3, -0.25) is 19.2 Å². The molecular weight excluding hydrogens is 587 g/mol. The van der Waals surface area contributed by atoms with Gasteiger partial charge in [0.25, 0.3) is 5.91 Å². The number of para-hydroxylation sites is 1. The summed E-state index contributed by atoms with van der Waals surface area (Å²) in [7, 11) is 0. The van der Waals surface area contributed by atoms with Gasteiger partial charge in [0.1, 0.15) is 24.5 Å². The fourth-order valence-electron chi connectivity index (χ4n) is 5.69. The number of carbonyl (C=O) groups excluding carboxylic acids is 4. The third-order valence-corrected chi connectivity index (χ3v) is 8.23. The lowest BCUT2D eigenvalue weighted by Gasteiger charge is -2.29. The molecule has 3 aromatic carbocycles. The SMILES string of the molecule is Cc1c(C#N)c2ccccc2n1CC(=O)N1CC(=O)NCCCc2ccc(F)c(c2)C(=O)N[C@H](C)C(=O)N[C@@H](c2ccccc2)C1.